The van der Waals surface area contributed by atoms with Crippen LogP contribution in [0.15, 0.2) is 48.5 Å². The molecule has 2 aromatic carbocycles. The molecule has 1 N–H and O–H groups in total. The van der Waals surface area contributed by atoms with Crippen molar-refractivity contribution >= 4 is 32.6 Å². The van der Waals surface area contributed by atoms with Gasteiger partial charge in [0.15, 0.2) is 5.13 Å². The van der Waals surface area contributed by atoms with Gasteiger partial charge in [0.1, 0.15) is 5.75 Å². The zero-order valence-electron chi connectivity index (χ0n) is 13.8. The second-order valence-corrected chi connectivity index (χ2v) is 6.62. The molecule has 3 aromatic rings. The summed E-state index contributed by atoms with van der Waals surface area (Å²) in [7, 11) is 1.64. The lowest BCUT2D eigenvalue weighted by molar-refractivity contribution is -0.117. The Bertz CT molecular complexity index is 830. The van der Waals surface area contributed by atoms with E-state index in [1.807, 2.05) is 48.5 Å². The van der Waals surface area contributed by atoms with E-state index < -0.39 is 0 Å². The van der Waals surface area contributed by atoms with Crippen molar-refractivity contribution in [2.45, 2.75) is 25.7 Å². The molecule has 1 atom stereocenters. The second kappa shape index (κ2) is 7.45. The summed E-state index contributed by atoms with van der Waals surface area (Å²) in [6.07, 6.45) is 1.76. The van der Waals surface area contributed by atoms with Crippen molar-refractivity contribution in [3.8, 4) is 5.75 Å². The molecule has 0 radical (unpaired) electrons. The van der Waals surface area contributed by atoms with Crippen molar-refractivity contribution in [3.05, 3.63) is 54.1 Å². The van der Waals surface area contributed by atoms with Gasteiger partial charge in [-0.05, 0) is 30.2 Å². The minimum absolute atomic E-state index is 0.00549. The van der Waals surface area contributed by atoms with Gasteiger partial charge in [-0.1, -0.05) is 55.0 Å². The number of aromatic nitrogens is 1. The number of hydrogen-bond acceptors (Lipinski definition) is 4. The molecule has 4 nitrogen and oxygen atoms in total. The van der Waals surface area contributed by atoms with Crippen molar-refractivity contribution < 1.29 is 9.53 Å². The molecule has 5 heteroatoms. The average molecular weight is 340 g/mol. The van der Waals surface area contributed by atoms with E-state index in [4.69, 9.17) is 4.74 Å². The fourth-order valence-corrected chi connectivity index (χ4v) is 3.60. The van der Waals surface area contributed by atoms with Gasteiger partial charge in [0.05, 0.1) is 23.2 Å². The predicted octanol–water partition coefficient (Wildman–Crippen LogP) is 4.83. The summed E-state index contributed by atoms with van der Waals surface area (Å²) >= 11 is 1.46. The van der Waals surface area contributed by atoms with Gasteiger partial charge in [0.2, 0.25) is 5.91 Å². The maximum atomic E-state index is 12.7. The van der Waals surface area contributed by atoms with Crippen LogP contribution in [0.4, 0.5) is 5.13 Å². The van der Waals surface area contributed by atoms with E-state index in [-0.39, 0.29) is 11.8 Å². The maximum Gasteiger partial charge on any atom is 0.233 e. The first-order chi connectivity index (χ1) is 11.7. The van der Waals surface area contributed by atoms with Crippen molar-refractivity contribution in [1.29, 1.82) is 0 Å². The molecule has 0 unspecified atom stereocenters. The van der Waals surface area contributed by atoms with Gasteiger partial charge in [-0.25, -0.2) is 4.98 Å². The minimum Gasteiger partial charge on any atom is -0.497 e. The monoisotopic (exact) mass is 340 g/mol. The van der Waals surface area contributed by atoms with E-state index in [1.54, 1.807) is 7.11 Å². The summed E-state index contributed by atoms with van der Waals surface area (Å²) in [6.45, 7) is 2.09. The number of amides is 1. The molecule has 124 valence electrons. The van der Waals surface area contributed by atoms with Crippen LogP contribution in [0.25, 0.3) is 10.2 Å². The predicted molar refractivity (Wildman–Crippen MR) is 98.9 cm³/mol. The third-order valence-corrected chi connectivity index (χ3v) is 4.86. The molecular formula is C19H20N2O2S. The first-order valence-electron chi connectivity index (χ1n) is 8.01. The Labute approximate surface area is 145 Å². The third kappa shape index (κ3) is 3.57. The molecule has 1 amide bonds. The molecule has 0 fully saturated rings. The Hall–Kier alpha value is -2.40. The lowest BCUT2D eigenvalue weighted by Gasteiger charge is -2.15. The fraction of sp³-hybridized carbons (Fsp3) is 0.263. The highest BCUT2D eigenvalue weighted by Crippen LogP contribution is 2.30. The number of methoxy groups -OCH3 is 1. The molecule has 0 aliphatic carbocycles. The molecule has 1 aromatic heterocycles. The Morgan fingerprint density at radius 3 is 2.75 bits per heavy atom. The lowest BCUT2D eigenvalue weighted by atomic mass is 9.94. The molecule has 0 aliphatic heterocycles. The molecule has 0 saturated heterocycles. The van der Waals surface area contributed by atoms with Crippen molar-refractivity contribution in [1.82, 2.24) is 4.98 Å². The quantitative estimate of drug-likeness (QED) is 0.699. The van der Waals surface area contributed by atoms with Crippen LogP contribution < -0.4 is 10.1 Å². The number of nitrogens with zero attached hydrogens (tertiary/aromatic N) is 1. The summed E-state index contributed by atoms with van der Waals surface area (Å²) in [6, 6.07) is 15.6. The van der Waals surface area contributed by atoms with Gasteiger partial charge in [-0.3, -0.25) is 4.79 Å². The third-order valence-electron chi connectivity index (χ3n) is 3.92. The molecule has 0 saturated carbocycles. The van der Waals surface area contributed by atoms with Crippen molar-refractivity contribution in [2.75, 3.05) is 12.4 Å². The van der Waals surface area contributed by atoms with E-state index in [9.17, 15) is 4.79 Å². The highest BCUT2D eigenvalue weighted by Gasteiger charge is 2.20. The normalized spacial score (nSPS) is 12.1. The SMILES string of the molecule is CCC[C@H](C(=O)Nc1nc2ccc(OC)cc2s1)c1ccccc1. The maximum absolute atomic E-state index is 12.7. The van der Waals surface area contributed by atoms with E-state index in [0.29, 0.717) is 5.13 Å². The largest absolute Gasteiger partial charge is 0.497 e. The summed E-state index contributed by atoms with van der Waals surface area (Å²) < 4.78 is 6.23. The van der Waals surface area contributed by atoms with Crippen LogP contribution in [0, 0.1) is 0 Å². The zero-order chi connectivity index (χ0) is 16.9. The first-order valence-corrected chi connectivity index (χ1v) is 8.83. The summed E-state index contributed by atoms with van der Waals surface area (Å²) in [5.74, 6) is 0.629. The van der Waals surface area contributed by atoms with E-state index >= 15 is 0 Å². The van der Waals surface area contributed by atoms with E-state index in [0.717, 1.165) is 34.4 Å². The smallest absolute Gasteiger partial charge is 0.233 e. The Morgan fingerprint density at radius 1 is 1.25 bits per heavy atom. The van der Waals surface area contributed by atoms with E-state index in [2.05, 4.69) is 17.2 Å². The molecular weight excluding hydrogens is 320 g/mol. The highest BCUT2D eigenvalue weighted by atomic mass is 32.1. The first kappa shape index (κ1) is 16.5. The van der Waals surface area contributed by atoms with Crippen LogP contribution in [-0.4, -0.2) is 18.0 Å². The van der Waals surface area contributed by atoms with Gasteiger partial charge < -0.3 is 10.1 Å². The number of carbonyl (C=O) groups is 1. The number of rotatable bonds is 6. The minimum atomic E-state index is -0.155. The standard InChI is InChI=1S/C19H20N2O2S/c1-3-7-15(13-8-5-4-6-9-13)18(22)21-19-20-16-11-10-14(23-2)12-17(16)24-19/h4-6,8-12,15H,3,7H2,1-2H3,(H,20,21,22)/t15-/m0/s1. The number of fused-ring (bicyclic) bond motifs is 1. The summed E-state index contributed by atoms with van der Waals surface area (Å²) in [5.41, 5.74) is 1.91. The van der Waals surface area contributed by atoms with E-state index in [1.165, 1.54) is 11.3 Å². The molecule has 0 aliphatic rings. The second-order valence-electron chi connectivity index (χ2n) is 5.59. The number of hydrogen-bond donors (Lipinski definition) is 1. The Morgan fingerprint density at radius 2 is 2.04 bits per heavy atom. The Balaban J connectivity index is 1.82. The average Bonchev–Trinajstić information content (AvgIpc) is 3.01. The van der Waals surface area contributed by atoms with Crippen molar-refractivity contribution in [3.63, 3.8) is 0 Å². The van der Waals surface area contributed by atoms with Crippen LogP contribution in [0.2, 0.25) is 0 Å². The number of ether oxygens (including phenoxy) is 1. The van der Waals surface area contributed by atoms with Gasteiger partial charge >= 0.3 is 0 Å². The Kier molecular flexibility index (Phi) is 5.11. The van der Waals surface area contributed by atoms with Gasteiger partial charge in [-0.2, -0.15) is 0 Å². The summed E-state index contributed by atoms with van der Waals surface area (Å²) in [4.78, 5) is 17.2. The molecule has 1 heterocycles. The van der Waals surface area contributed by atoms with Gasteiger partial charge in [0.25, 0.3) is 0 Å². The van der Waals surface area contributed by atoms with Crippen LogP contribution in [-0.2, 0) is 4.79 Å². The van der Waals surface area contributed by atoms with Crippen LogP contribution in [0.5, 0.6) is 5.75 Å². The van der Waals surface area contributed by atoms with Crippen molar-refractivity contribution in [2.24, 2.45) is 0 Å². The lowest BCUT2D eigenvalue weighted by Crippen LogP contribution is -2.21. The topological polar surface area (TPSA) is 51.2 Å². The fourth-order valence-electron chi connectivity index (χ4n) is 2.70. The number of thiazole rings is 1. The van der Waals surface area contributed by atoms with Crippen LogP contribution in [0.1, 0.15) is 31.2 Å². The summed E-state index contributed by atoms with van der Waals surface area (Å²) in [5, 5.41) is 3.61. The van der Waals surface area contributed by atoms with Gasteiger partial charge in [0, 0.05) is 0 Å². The molecule has 0 spiro atoms. The highest BCUT2D eigenvalue weighted by molar-refractivity contribution is 7.22. The molecule has 3 rings (SSSR count). The van der Waals surface area contributed by atoms with Crippen LogP contribution >= 0.6 is 11.3 Å². The zero-order valence-corrected chi connectivity index (χ0v) is 14.6. The van der Waals surface area contributed by atoms with Gasteiger partial charge in [-0.15, -0.1) is 0 Å². The number of benzene rings is 2. The number of nitrogens with one attached hydrogen (secondary N) is 1. The van der Waals surface area contributed by atoms with Crippen LogP contribution in [0.3, 0.4) is 0 Å². The molecule has 24 heavy (non-hydrogen) atoms. The number of carbonyl (C=O) groups excluding carboxylic acids is 1. The number of anilines is 1. The molecule has 0 bridgehead atoms.